The van der Waals surface area contributed by atoms with E-state index >= 15 is 0 Å². The Labute approximate surface area is 115 Å². The molecule has 0 atom stereocenters. The molecule has 0 fully saturated rings. The van der Waals surface area contributed by atoms with Crippen molar-refractivity contribution in [3.8, 4) is 6.07 Å². The third-order valence-electron chi connectivity index (χ3n) is 2.25. The molecule has 1 aromatic heterocycles. The van der Waals surface area contributed by atoms with Crippen LogP contribution in [0.2, 0.25) is 0 Å². The Balaban J connectivity index is 3.17. The number of nitrogens with zero attached hydrogens (tertiary/aromatic N) is 2. The molecule has 0 radical (unpaired) electrons. The van der Waals surface area contributed by atoms with Crippen molar-refractivity contribution in [2.75, 3.05) is 0 Å². The number of nitriles is 1. The first kappa shape index (κ1) is 14.9. The lowest BCUT2D eigenvalue weighted by molar-refractivity contribution is 0.0689. The fourth-order valence-electron chi connectivity index (χ4n) is 1.30. The Hall–Kier alpha value is -2.13. The normalized spacial score (nSPS) is 10.6. The van der Waals surface area contributed by atoms with Crippen LogP contribution in [0, 0.1) is 11.3 Å². The van der Waals surface area contributed by atoms with Gasteiger partial charge in [-0.15, -0.1) is 11.6 Å². The average Bonchev–Trinajstić information content (AvgIpc) is 2.37. The van der Waals surface area contributed by atoms with E-state index in [1.54, 1.807) is 0 Å². The molecule has 0 aromatic carbocycles. The molecule has 0 spiro atoms. The summed E-state index contributed by atoms with van der Waals surface area (Å²) >= 11 is 5.59. The van der Waals surface area contributed by atoms with Gasteiger partial charge in [-0.2, -0.15) is 5.26 Å². The van der Waals surface area contributed by atoms with Crippen LogP contribution in [0.5, 0.6) is 0 Å². The smallest absolute Gasteiger partial charge is 0.338 e. The van der Waals surface area contributed by atoms with Crippen LogP contribution in [0.3, 0.4) is 0 Å². The molecular formula is C12H12ClN3O3. The zero-order valence-corrected chi connectivity index (χ0v) is 11.2. The van der Waals surface area contributed by atoms with Gasteiger partial charge >= 0.3 is 5.97 Å². The average molecular weight is 282 g/mol. The highest BCUT2D eigenvalue weighted by molar-refractivity contribution is 6.17. The molecule has 1 rings (SSSR count). The number of amides is 1. The molecule has 2 N–H and O–H groups in total. The Morgan fingerprint density at radius 1 is 1.58 bits per heavy atom. The number of hydrogen-bond acceptors (Lipinski definition) is 4. The van der Waals surface area contributed by atoms with Gasteiger partial charge in [-0.3, -0.25) is 4.79 Å². The zero-order valence-electron chi connectivity index (χ0n) is 10.4. The van der Waals surface area contributed by atoms with E-state index in [-0.39, 0.29) is 17.1 Å². The van der Waals surface area contributed by atoms with Crippen molar-refractivity contribution in [2.45, 2.75) is 25.3 Å². The first-order valence-electron chi connectivity index (χ1n) is 5.32. The third kappa shape index (κ3) is 3.66. The molecule has 0 aliphatic heterocycles. The summed E-state index contributed by atoms with van der Waals surface area (Å²) in [6.07, 6.45) is 1.33. The first-order chi connectivity index (χ1) is 8.80. The molecule has 0 aliphatic carbocycles. The van der Waals surface area contributed by atoms with Crippen molar-refractivity contribution < 1.29 is 14.7 Å². The maximum absolute atomic E-state index is 11.9. The lowest BCUT2D eigenvalue weighted by atomic mass is 10.1. The van der Waals surface area contributed by atoms with Gasteiger partial charge in [0.05, 0.1) is 11.6 Å². The molecule has 0 unspecified atom stereocenters. The fraction of sp³-hybridized carbons (Fsp3) is 0.333. The van der Waals surface area contributed by atoms with Gasteiger partial charge in [-0.05, 0) is 25.5 Å². The summed E-state index contributed by atoms with van der Waals surface area (Å²) < 4.78 is 0. The summed E-state index contributed by atoms with van der Waals surface area (Å²) in [6, 6.07) is 3.17. The highest BCUT2D eigenvalue weighted by Crippen LogP contribution is 2.12. The first-order valence-corrected chi connectivity index (χ1v) is 5.86. The number of carbonyl (C=O) groups is 2. The molecule has 0 saturated carbocycles. The van der Waals surface area contributed by atoms with E-state index in [2.05, 4.69) is 10.3 Å². The summed E-state index contributed by atoms with van der Waals surface area (Å²) in [7, 11) is 0. The van der Waals surface area contributed by atoms with Gasteiger partial charge in [0.15, 0.2) is 0 Å². The summed E-state index contributed by atoms with van der Waals surface area (Å²) in [5, 5.41) is 20.3. The van der Waals surface area contributed by atoms with Crippen LogP contribution in [-0.2, 0) is 5.88 Å². The molecule has 19 heavy (non-hydrogen) atoms. The Kier molecular flexibility index (Phi) is 4.46. The number of alkyl halides is 1. The van der Waals surface area contributed by atoms with Crippen LogP contribution in [0.15, 0.2) is 12.3 Å². The second-order valence-corrected chi connectivity index (χ2v) is 4.64. The molecule has 0 bridgehead atoms. The van der Waals surface area contributed by atoms with Crippen molar-refractivity contribution in [2.24, 2.45) is 0 Å². The number of pyridine rings is 1. The van der Waals surface area contributed by atoms with Crippen LogP contribution in [0.1, 0.15) is 40.3 Å². The van der Waals surface area contributed by atoms with E-state index in [0.717, 1.165) is 0 Å². The molecule has 100 valence electrons. The van der Waals surface area contributed by atoms with Crippen molar-refractivity contribution in [3.05, 3.63) is 29.1 Å². The molecule has 1 aromatic rings. The number of halogens is 1. The predicted octanol–water partition coefficient (Wildman–Crippen LogP) is 1.55. The summed E-state index contributed by atoms with van der Waals surface area (Å²) in [5.74, 6) is -1.90. The zero-order chi connectivity index (χ0) is 14.6. The van der Waals surface area contributed by atoms with Crippen molar-refractivity contribution in [3.63, 3.8) is 0 Å². The minimum absolute atomic E-state index is 0.0961. The maximum atomic E-state index is 11.9. The second kappa shape index (κ2) is 5.67. The standard InChI is InChI=1S/C12H12ClN3O3/c1-12(2,6-14)16-10(17)9-8(11(18)19)3-7(4-13)5-15-9/h3,5H,4H2,1-2H3,(H,16,17)(H,18,19). The van der Waals surface area contributed by atoms with Crippen molar-refractivity contribution >= 4 is 23.5 Å². The van der Waals surface area contributed by atoms with E-state index in [9.17, 15) is 9.59 Å². The SMILES string of the molecule is CC(C)(C#N)NC(=O)c1ncc(CCl)cc1C(=O)O. The number of aromatic carboxylic acids is 1. The Bertz CT molecular complexity index is 564. The number of nitrogens with one attached hydrogen (secondary N) is 1. The Morgan fingerprint density at radius 3 is 2.68 bits per heavy atom. The fourth-order valence-corrected chi connectivity index (χ4v) is 1.44. The van der Waals surface area contributed by atoms with Crippen LogP contribution in [0.25, 0.3) is 0 Å². The highest BCUT2D eigenvalue weighted by atomic mass is 35.5. The van der Waals surface area contributed by atoms with Gasteiger partial charge in [-0.25, -0.2) is 9.78 Å². The maximum Gasteiger partial charge on any atom is 0.338 e. The predicted molar refractivity (Wildman–Crippen MR) is 67.9 cm³/mol. The molecule has 6 nitrogen and oxygen atoms in total. The van der Waals surface area contributed by atoms with Gasteiger partial charge in [0.1, 0.15) is 11.2 Å². The van der Waals surface area contributed by atoms with Crippen LogP contribution < -0.4 is 5.32 Å². The number of aromatic nitrogens is 1. The lowest BCUT2D eigenvalue weighted by Gasteiger charge is -2.17. The second-order valence-electron chi connectivity index (χ2n) is 4.37. The van der Waals surface area contributed by atoms with Crippen molar-refractivity contribution in [1.29, 1.82) is 5.26 Å². The summed E-state index contributed by atoms with van der Waals surface area (Å²) in [5.41, 5.74) is -1.11. The number of carboxylic acids is 1. The van der Waals surface area contributed by atoms with Gasteiger partial charge < -0.3 is 10.4 Å². The monoisotopic (exact) mass is 281 g/mol. The minimum Gasteiger partial charge on any atom is -0.478 e. The topological polar surface area (TPSA) is 103 Å². The quantitative estimate of drug-likeness (QED) is 0.815. The van der Waals surface area contributed by atoms with Gasteiger partial charge in [0.2, 0.25) is 0 Å². The minimum atomic E-state index is -1.28. The largest absolute Gasteiger partial charge is 0.478 e. The number of hydrogen-bond donors (Lipinski definition) is 2. The van der Waals surface area contributed by atoms with Gasteiger partial charge in [0.25, 0.3) is 5.91 Å². The molecule has 0 saturated heterocycles. The molecule has 0 aliphatic rings. The van der Waals surface area contributed by atoms with E-state index in [1.807, 2.05) is 6.07 Å². The number of carbonyl (C=O) groups excluding carboxylic acids is 1. The van der Waals surface area contributed by atoms with Crippen LogP contribution in [0.4, 0.5) is 0 Å². The Morgan fingerprint density at radius 2 is 2.21 bits per heavy atom. The molecular weight excluding hydrogens is 270 g/mol. The lowest BCUT2D eigenvalue weighted by Crippen LogP contribution is -2.43. The molecule has 1 heterocycles. The van der Waals surface area contributed by atoms with Crippen LogP contribution in [-0.4, -0.2) is 27.5 Å². The highest BCUT2D eigenvalue weighted by Gasteiger charge is 2.25. The third-order valence-corrected chi connectivity index (χ3v) is 2.56. The van der Waals surface area contributed by atoms with E-state index in [0.29, 0.717) is 5.56 Å². The van der Waals surface area contributed by atoms with E-state index in [1.165, 1.54) is 26.1 Å². The summed E-state index contributed by atoms with van der Waals surface area (Å²) in [6.45, 7) is 3.00. The van der Waals surface area contributed by atoms with Crippen LogP contribution >= 0.6 is 11.6 Å². The van der Waals surface area contributed by atoms with E-state index in [4.69, 9.17) is 22.0 Å². The molecule has 7 heteroatoms. The number of carboxylic acid groups (broad SMARTS) is 1. The summed E-state index contributed by atoms with van der Waals surface area (Å²) in [4.78, 5) is 26.8. The van der Waals surface area contributed by atoms with Crippen molar-refractivity contribution in [1.82, 2.24) is 10.3 Å². The van der Waals surface area contributed by atoms with Gasteiger partial charge in [0, 0.05) is 12.1 Å². The van der Waals surface area contributed by atoms with Gasteiger partial charge in [-0.1, -0.05) is 0 Å². The number of rotatable bonds is 4. The molecule has 1 amide bonds. The van der Waals surface area contributed by atoms with E-state index < -0.39 is 17.4 Å².